The van der Waals surface area contributed by atoms with Crippen LogP contribution in [0.4, 0.5) is 4.39 Å². The highest BCUT2D eigenvalue weighted by atomic mass is 32.2. The smallest absolute Gasteiger partial charge is 0.309 e. The standard InChI is InChI=1S/C21H29FN2O5S/c1-23(18-5-3-2-4-6-18)20(25)15-29-21(26)16-11-13-24(14-12-16)30(27,28)19-9-7-17(22)8-10-19/h7-10,16,18H,2-6,11-15H2,1H3. The number of halogens is 1. The minimum absolute atomic E-state index is 0.0290. The number of rotatable bonds is 6. The van der Waals surface area contributed by atoms with Crippen molar-refractivity contribution in [2.45, 2.75) is 55.9 Å². The van der Waals surface area contributed by atoms with Crippen LogP contribution >= 0.6 is 0 Å². The molecule has 1 saturated carbocycles. The number of benzene rings is 1. The molecule has 1 aliphatic carbocycles. The SMILES string of the molecule is CN(C(=O)COC(=O)C1CCN(S(=O)(=O)c2ccc(F)cc2)CC1)C1CCCCC1. The lowest BCUT2D eigenvalue weighted by Crippen LogP contribution is -2.42. The summed E-state index contributed by atoms with van der Waals surface area (Å²) in [6.45, 7) is 0.0741. The first-order valence-corrected chi connectivity index (χ1v) is 11.9. The van der Waals surface area contributed by atoms with E-state index in [1.54, 1.807) is 11.9 Å². The number of esters is 1. The normalized spacial score (nSPS) is 19.4. The molecule has 0 bridgehead atoms. The fraction of sp³-hybridized carbons (Fsp3) is 0.619. The molecular weight excluding hydrogens is 411 g/mol. The summed E-state index contributed by atoms with van der Waals surface area (Å²) in [6.07, 6.45) is 6.04. The van der Waals surface area contributed by atoms with E-state index < -0.39 is 27.7 Å². The second kappa shape index (κ2) is 9.87. The number of nitrogens with zero attached hydrogens (tertiary/aromatic N) is 2. The zero-order valence-corrected chi connectivity index (χ0v) is 18.1. The van der Waals surface area contributed by atoms with Crippen LogP contribution in [0.3, 0.4) is 0 Å². The molecule has 30 heavy (non-hydrogen) atoms. The third-order valence-electron chi connectivity index (χ3n) is 6.09. The third-order valence-corrected chi connectivity index (χ3v) is 8.01. The van der Waals surface area contributed by atoms with Crippen LogP contribution in [0.15, 0.2) is 29.2 Å². The van der Waals surface area contributed by atoms with Gasteiger partial charge in [-0.25, -0.2) is 12.8 Å². The molecule has 166 valence electrons. The summed E-state index contributed by atoms with van der Waals surface area (Å²) < 4.78 is 44.9. The number of likely N-dealkylation sites (N-methyl/N-ethyl adjacent to an activating group) is 1. The quantitative estimate of drug-likeness (QED) is 0.635. The Kier molecular flexibility index (Phi) is 7.46. The maximum Gasteiger partial charge on any atom is 0.309 e. The topological polar surface area (TPSA) is 84.0 Å². The molecule has 0 aromatic heterocycles. The summed E-state index contributed by atoms with van der Waals surface area (Å²) in [4.78, 5) is 26.4. The fourth-order valence-electron chi connectivity index (χ4n) is 4.11. The molecule has 2 aliphatic rings. The average molecular weight is 441 g/mol. The lowest BCUT2D eigenvalue weighted by Gasteiger charge is -2.32. The van der Waals surface area contributed by atoms with Gasteiger partial charge in [-0.1, -0.05) is 19.3 Å². The minimum atomic E-state index is -3.72. The largest absolute Gasteiger partial charge is 0.455 e. The first-order valence-electron chi connectivity index (χ1n) is 10.5. The number of carbonyl (C=O) groups excluding carboxylic acids is 2. The number of piperidine rings is 1. The van der Waals surface area contributed by atoms with Crippen molar-refractivity contribution in [2.24, 2.45) is 5.92 Å². The highest BCUT2D eigenvalue weighted by Crippen LogP contribution is 2.25. The van der Waals surface area contributed by atoms with E-state index in [1.807, 2.05) is 0 Å². The Morgan fingerprint density at radius 3 is 2.27 bits per heavy atom. The second-order valence-electron chi connectivity index (χ2n) is 8.04. The van der Waals surface area contributed by atoms with Crippen molar-refractivity contribution in [3.8, 4) is 0 Å². The van der Waals surface area contributed by atoms with Gasteiger partial charge in [-0.15, -0.1) is 0 Å². The van der Waals surface area contributed by atoms with E-state index in [0.717, 1.165) is 37.8 Å². The lowest BCUT2D eigenvalue weighted by atomic mass is 9.94. The van der Waals surface area contributed by atoms with Crippen molar-refractivity contribution in [2.75, 3.05) is 26.7 Å². The molecule has 3 rings (SSSR count). The molecule has 0 unspecified atom stereocenters. The van der Waals surface area contributed by atoms with Crippen molar-refractivity contribution in [1.29, 1.82) is 0 Å². The average Bonchev–Trinajstić information content (AvgIpc) is 2.77. The molecule has 0 atom stereocenters. The summed E-state index contributed by atoms with van der Waals surface area (Å²) in [5.41, 5.74) is 0. The van der Waals surface area contributed by atoms with E-state index in [4.69, 9.17) is 4.74 Å². The Morgan fingerprint density at radius 1 is 1.07 bits per heavy atom. The van der Waals surface area contributed by atoms with Crippen molar-refractivity contribution in [3.05, 3.63) is 30.1 Å². The number of hydrogen-bond donors (Lipinski definition) is 0. The number of sulfonamides is 1. The van der Waals surface area contributed by atoms with Crippen LogP contribution in [0, 0.1) is 11.7 Å². The van der Waals surface area contributed by atoms with Crippen LogP contribution < -0.4 is 0 Å². The molecule has 1 aliphatic heterocycles. The van der Waals surface area contributed by atoms with Crippen LogP contribution in [0.5, 0.6) is 0 Å². The monoisotopic (exact) mass is 440 g/mol. The molecule has 1 aromatic rings. The van der Waals surface area contributed by atoms with E-state index in [9.17, 15) is 22.4 Å². The number of carbonyl (C=O) groups is 2. The maximum absolute atomic E-state index is 13.1. The molecule has 0 spiro atoms. The molecule has 9 heteroatoms. The van der Waals surface area contributed by atoms with Crippen LogP contribution in [0.25, 0.3) is 0 Å². The third kappa shape index (κ3) is 5.37. The van der Waals surface area contributed by atoms with Gasteiger partial charge in [0, 0.05) is 26.2 Å². The van der Waals surface area contributed by atoms with E-state index >= 15 is 0 Å². The highest BCUT2D eigenvalue weighted by Gasteiger charge is 2.33. The van der Waals surface area contributed by atoms with E-state index in [2.05, 4.69) is 0 Å². The summed E-state index contributed by atoms with van der Waals surface area (Å²) in [7, 11) is -1.97. The Hall–Kier alpha value is -2.00. The summed E-state index contributed by atoms with van der Waals surface area (Å²) in [6, 6.07) is 4.90. The molecule has 1 amide bonds. The highest BCUT2D eigenvalue weighted by molar-refractivity contribution is 7.89. The zero-order valence-electron chi connectivity index (χ0n) is 17.3. The summed E-state index contributed by atoms with van der Waals surface area (Å²) >= 11 is 0. The number of hydrogen-bond acceptors (Lipinski definition) is 5. The Bertz CT molecular complexity index is 845. The Balaban J connectivity index is 1.47. The molecule has 1 saturated heterocycles. The van der Waals surface area contributed by atoms with Gasteiger partial charge in [0.2, 0.25) is 10.0 Å². The van der Waals surface area contributed by atoms with E-state index in [-0.39, 0.29) is 36.5 Å². The maximum atomic E-state index is 13.1. The van der Waals surface area contributed by atoms with Gasteiger partial charge in [-0.05, 0) is 49.9 Å². The molecular formula is C21H29FN2O5S. The number of amides is 1. The van der Waals surface area contributed by atoms with Crippen LogP contribution in [0.2, 0.25) is 0 Å². The van der Waals surface area contributed by atoms with Crippen LogP contribution in [-0.2, 0) is 24.3 Å². The van der Waals surface area contributed by atoms with E-state index in [1.165, 1.54) is 22.9 Å². The number of ether oxygens (including phenoxy) is 1. The van der Waals surface area contributed by atoms with Gasteiger partial charge in [0.25, 0.3) is 5.91 Å². The summed E-state index contributed by atoms with van der Waals surface area (Å²) in [5.74, 6) is -1.60. The lowest BCUT2D eigenvalue weighted by molar-refractivity contribution is -0.157. The second-order valence-corrected chi connectivity index (χ2v) is 9.97. The molecule has 1 aromatic carbocycles. The van der Waals surface area contributed by atoms with Gasteiger partial charge < -0.3 is 9.64 Å². The summed E-state index contributed by atoms with van der Waals surface area (Å²) in [5, 5.41) is 0. The Morgan fingerprint density at radius 2 is 1.67 bits per heavy atom. The first-order chi connectivity index (χ1) is 14.3. The predicted molar refractivity (Wildman–Crippen MR) is 108 cm³/mol. The van der Waals surface area contributed by atoms with Gasteiger partial charge in [-0.3, -0.25) is 9.59 Å². The minimum Gasteiger partial charge on any atom is -0.455 e. The molecule has 0 radical (unpaired) electrons. The molecule has 0 N–H and O–H groups in total. The van der Waals surface area contributed by atoms with Crippen molar-refractivity contribution in [3.63, 3.8) is 0 Å². The fourth-order valence-corrected chi connectivity index (χ4v) is 5.58. The Labute approximate surface area is 177 Å². The van der Waals surface area contributed by atoms with E-state index in [0.29, 0.717) is 12.8 Å². The zero-order chi connectivity index (χ0) is 21.7. The molecule has 1 heterocycles. The molecule has 2 fully saturated rings. The van der Waals surface area contributed by atoms with Crippen LogP contribution in [0.1, 0.15) is 44.9 Å². The van der Waals surface area contributed by atoms with Crippen LogP contribution in [-0.4, -0.2) is 62.3 Å². The predicted octanol–water partition coefficient (Wildman–Crippen LogP) is 2.56. The van der Waals surface area contributed by atoms with Crippen molar-refractivity contribution in [1.82, 2.24) is 9.21 Å². The molecule has 7 nitrogen and oxygen atoms in total. The van der Waals surface area contributed by atoms with Gasteiger partial charge in [0.1, 0.15) is 5.82 Å². The van der Waals surface area contributed by atoms with Crippen molar-refractivity contribution >= 4 is 21.9 Å². The first kappa shape index (κ1) is 22.7. The van der Waals surface area contributed by atoms with Gasteiger partial charge in [0.15, 0.2) is 6.61 Å². The van der Waals surface area contributed by atoms with Crippen molar-refractivity contribution < 1.29 is 27.1 Å². The van der Waals surface area contributed by atoms with Gasteiger partial charge in [0.05, 0.1) is 10.8 Å². The van der Waals surface area contributed by atoms with Gasteiger partial charge >= 0.3 is 5.97 Å². The van der Waals surface area contributed by atoms with Gasteiger partial charge in [-0.2, -0.15) is 4.31 Å².